The average Bonchev–Trinajstić information content (AvgIpc) is 2.18. The molecule has 0 radical (unpaired) electrons. The molecule has 0 fully saturated rings. The first-order chi connectivity index (χ1) is 7.50. The van der Waals surface area contributed by atoms with Crippen LogP contribution in [0, 0.1) is 6.92 Å². The van der Waals surface area contributed by atoms with Gasteiger partial charge in [-0.1, -0.05) is 30.0 Å². The van der Waals surface area contributed by atoms with Crippen molar-refractivity contribution in [1.82, 2.24) is 0 Å². The molecule has 16 heavy (non-hydrogen) atoms. The molecule has 0 unspecified atom stereocenters. The summed E-state index contributed by atoms with van der Waals surface area (Å²) in [5.74, 6) is -0.819. The minimum Gasteiger partial charge on any atom is -0.481 e. The zero-order chi connectivity index (χ0) is 12.1. The molecule has 0 aliphatic carbocycles. The molecule has 3 nitrogen and oxygen atoms in total. The highest BCUT2D eigenvalue weighted by Gasteiger charge is 2.09. The Hall–Kier alpha value is -1.29. The predicted octanol–water partition coefficient (Wildman–Crippen LogP) is 2.65. The van der Waals surface area contributed by atoms with Crippen molar-refractivity contribution in [3.05, 3.63) is 29.3 Å². The molecule has 0 saturated heterocycles. The molecule has 0 aliphatic heterocycles. The Kier molecular flexibility index (Phi) is 4.55. The Balaban J connectivity index is 2.93. The van der Waals surface area contributed by atoms with Gasteiger partial charge in [-0.25, -0.2) is 0 Å². The fourth-order valence-corrected chi connectivity index (χ4v) is 2.26. The first kappa shape index (κ1) is 12.8. The van der Waals surface area contributed by atoms with Crippen molar-refractivity contribution in [3.63, 3.8) is 0 Å². The molecule has 0 atom stereocenters. The van der Waals surface area contributed by atoms with Gasteiger partial charge in [0.25, 0.3) is 0 Å². The monoisotopic (exact) mass is 238 g/mol. The van der Waals surface area contributed by atoms with Gasteiger partial charge in [0.15, 0.2) is 5.12 Å². The summed E-state index contributed by atoms with van der Waals surface area (Å²) in [5, 5.41) is 8.66. The normalized spacial score (nSPS) is 10.1. The second-order valence-electron chi connectivity index (χ2n) is 3.55. The number of carbonyl (C=O) groups excluding carboxylic acids is 1. The summed E-state index contributed by atoms with van der Waals surface area (Å²) < 4.78 is 0. The van der Waals surface area contributed by atoms with Crippen LogP contribution in [-0.4, -0.2) is 16.2 Å². The zero-order valence-corrected chi connectivity index (χ0v) is 10.1. The lowest BCUT2D eigenvalue weighted by atomic mass is 10.1. The third-order valence-electron chi connectivity index (χ3n) is 2.15. The van der Waals surface area contributed by atoms with Crippen LogP contribution in [0.25, 0.3) is 0 Å². The Bertz CT molecular complexity index is 413. The van der Waals surface area contributed by atoms with Gasteiger partial charge in [0.05, 0.1) is 0 Å². The van der Waals surface area contributed by atoms with Crippen LogP contribution in [0.15, 0.2) is 23.1 Å². The van der Waals surface area contributed by atoms with Crippen LogP contribution in [0.4, 0.5) is 0 Å². The van der Waals surface area contributed by atoms with E-state index in [1.165, 1.54) is 18.7 Å². The van der Waals surface area contributed by atoms with Gasteiger partial charge in [-0.05, 0) is 24.5 Å². The fourth-order valence-electron chi connectivity index (χ4n) is 1.44. The van der Waals surface area contributed by atoms with Gasteiger partial charge in [-0.3, -0.25) is 9.59 Å². The second kappa shape index (κ2) is 5.70. The van der Waals surface area contributed by atoms with Crippen LogP contribution in [0.2, 0.25) is 0 Å². The highest BCUT2D eigenvalue weighted by atomic mass is 32.2. The third-order valence-corrected chi connectivity index (χ3v) is 3.22. The standard InChI is InChI=1S/C12H14O3S/c1-8-4-3-5-10(6-7-11(14)15)12(8)16-9(2)13/h3-5H,6-7H2,1-2H3,(H,14,15). The van der Waals surface area contributed by atoms with Gasteiger partial charge in [0.1, 0.15) is 0 Å². The Morgan fingerprint density at radius 2 is 2.06 bits per heavy atom. The molecule has 0 aromatic heterocycles. The SMILES string of the molecule is CC(=O)Sc1c(C)cccc1CCC(=O)O. The first-order valence-corrected chi connectivity index (χ1v) is 5.81. The number of aliphatic carboxylic acids is 1. The van der Waals surface area contributed by atoms with Crippen molar-refractivity contribution in [2.75, 3.05) is 0 Å². The van der Waals surface area contributed by atoms with Crippen molar-refractivity contribution >= 4 is 22.8 Å². The lowest BCUT2D eigenvalue weighted by Crippen LogP contribution is -2.00. The van der Waals surface area contributed by atoms with E-state index in [9.17, 15) is 9.59 Å². The van der Waals surface area contributed by atoms with Crippen LogP contribution in [0.5, 0.6) is 0 Å². The molecule has 0 saturated carbocycles. The highest BCUT2D eigenvalue weighted by Crippen LogP contribution is 2.28. The number of carbonyl (C=O) groups is 2. The van der Waals surface area contributed by atoms with Crippen LogP contribution < -0.4 is 0 Å². The molecule has 4 heteroatoms. The largest absolute Gasteiger partial charge is 0.481 e. The van der Waals surface area contributed by atoms with E-state index in [0.717, 1.165) is 16.0 Å². The van der Waals surface area contributed by atoms with Crippen LogP contribution in [0.3, 0.4) is 0 Å². The van der Waals surface area contributed by atoms with E-state index in [0.29, 0.717) is 6.42 Å². The fraction of sp³-hybridized carbons (Fsp3) is 0.333. The van der Waals surface area contributed by atoms with E-state index >= 15 is 0 Å². The smallest absolute Gasteiger partial charge is 0.303 e. The Morgan fingerprint density at radius 3 is 2.62 bits per heavy atom. The minimum absolute atomic E-state index is 0.0193. The van der Waals surface area contributed by atoms with E-state index in [2.05, 4.69) is 0 Å². The van der Waals surface area contributed by atoms with Gasteiger partial charge >= 0.3 is 5.97 Å². The summed E-state index contributed by atoms with van der Waals surface area (Å²) in [5.41, 5.74) is 1.95. The van der Waals surface area contributed by atoms with Crippen LogP contribution in [0.1, 0.15) is 24.5 Å². The average molecular weight is 238 g/mol. The van der Waals surface area contributed by atoms with Gasteiger partial charge in [0.2, 0.25) is 0 Å². The molecule has 0 aliphatic rings. The highest BCUT2D eigenvalue weighted by molar-refractivity contribution is 8.13. The second-order valence-corrected chi connectivity index (χ2v) is 4.74. The molecule has 0 spiro atoms. The number of thioether (sulfide) groups is 1. The third kappa shape index (κ3) is 3.70. The number of benzene rings is 1. The van der Waals surface area contributed by atoms with Crippen LogP contribution in [-0.2, 0) is 16.0 Å². The number of hydrogen-bond acceptors (Lipinski definition) is 3. The van der Waals surface area contributed by atoms with Crippen molar-refractivity contribution in [2.45, 2.75) is 31.6 Å². The molecule has 86 valence electrons. The summed E-state index contributed by atoms with van der Waals surface area (Å²) in [6, 6.07) is 5.69. The molecule has 1 rings (SSSR count). The molecule has 0 amide bonds. The van der Waals surface area contributed by atoms with E-state index < -0.39 is 5.97 Å². The summed E-state index contributed by atoms with van der Waals surface area (Å²) in [6.07, 6.45) is 0.557. The van der Waals surface area contributed by atoms with E-state index in [-0.39, 0.29) is 11.5 Å². The predicted molar refractivity (Wildman–Crippen MR) is 63.7 cm³/mol. The van der Waals surface area contributed by atoms with E-state index in [4.69, 9.17) is 5.11 Å². The van der Waals surface area contributed by atoms with E-state index in [1.807, 2.05) is 25.1 Å². The topological polar surface area (TPSA) is 54.4 Å². The molecular weight excluding hydrogens is 224 g/mol. The maximum absolute atomic E-state index is 11.1. The zero-order valence-electron chi connectivity index (χ0n) is 9.32. The summed E-state index contributed by atoms with van der Waals surface area (Å²) >= 11 is 1.17. The van der Waals surface area contributed by atoms with Gasteiger partial charge < -0.3 is 5.11 Å². The van der Waals surface area contributed by atoms with Crippen molar-refractivity contribution in [2.24, 2.45) is 0 Å². The molecular formula is C12H14O3S. The van der Waals surface area contributed by atoms with Crippen molar-refractivity contribution in [3.8, 4) is 0 Å². The first-order valence-electron chi connectivity index (χ1n) is 4.99. The lowest BCUT2D eigenvalue weighted by molar-refractivity contribution is -0.137. The summed E-state index contributed by atoms with van der Waals surface area (Å²) in [4.78, 5) is 22.5. The number of aryl methyl sites for hydroxylation is 2. The van der Waals surface area contributed by atoms with E-state index in [1.54, 1.807) is 0 Å². The number of carboxylic acids is 1. The maximum atomic E-state index is 11.1. The number of rotatable bonds is 4. The summed E-state index contributed by atoms with van der Waals surface area (Å²) in [6.45, 7) is 3.44. The molecule has 1 aromatic rings. The van der Waals surface area contributed by atoms with Crippen molar-refractivity contribution < 1.29 is 14.7 Å². The Morgan fingerprint density at radius 1 is 1.38 bits per heavy atom. The van der Waals surface area contributed by atoms with Gasteiger partial charge in [0, 0.05) is 18.2 Å². The molecule has 1 aromatic carbocycles. The number of carboxylic acid groups (broad SMARTS) is 1. The number of hydrogen-bond donors (Lipinski definition) is 1. The molecule has 0 bridgehead atoms. The van der Waals surface area contributed by atoms with Gasteiger partial charge in [-0.2, -0.15) is 0 Å². The van der Waals surface area contributed by atoms with Gasteiger partial charge in [-0.15, -0.1) is 0 Å². The molecule has 1 N–H and O–H groups in total. The Labute approximate surface area is 98.9 Å². The quantitative estimate of drug-likeness (QED) is 0.819. The van der Waals surface area contributed by atoms with Crippen LogP contribution >= 0.6 is 11.8 Å². The molecule has 0 heterocycles. The lowest BCUT2D eigenvalue weighted by Gasteiger charge is -2.09. The minimum atomic E-state index is -0.819. The maximum Gasteiger partial charge on any atom is 0.303 e. The summed E-state index contributed by atoms with van der Waals surface area (Å²) in [7, 11) is 0. The van der Waals surface area contributed by atoms with Crippen molar-refractivity contribution in [1.29, 1.82) is 0 Å².